The van der Waals surface area contributed by atoms with E-state index in [0.717, 1.165) is 12.1 Å². The molecule has 0 atom stereocenters. The third kappa shape index (κ3) is 5.77. The first-order valence-electron chi connectivity index (χ1n) is 8.84. The van der Waals surface area contributed by atoms with Gasteiger partial charge < -0.3 is 15.0 Å². The average Bonchev–Trinajstić information content (AvgIpc) is 3.13. The van der Waals surface area contributed by atoms with Crippen LogP contribution in [-0.4, -0.2) is 36.7 Å². The van der Waals surface area contributed by atoms with Crippen molar-refractivity contribution < 1.29 is 27.9 Å². The number of rotatable bonds is 7. The number of carbonyl (C=O) groups excluding carboxylic acids is 3. The molecule has 9 heteroatoms. The van der Waals surface area contributed by atoms with Gasteiger partial charge in [-0.15, -0.1) is 0 Å². The van der Waals surface area contributed by atoms with E-state index in [1.54, 1.807) is 29.2 Å². The van der Waals surface area contributed by atoms with Gasteiger partial charge >= 0.3 is 5.97 Å². The average molecular weight is 420 g/mol. The highest BCUT2D eigenvalue weighted by Gasteiger charge is 2.22. The zero-order valence-corrected chi connectivity index (χ0v) is 16.1. The molecule has 0 unspecified atom stereocenters. The van der Waals surface area contributed by atoms with Gasteiger partial charge in [-0.05, 0) is 55.0 Å². The molecule has 6 nitrogen and oxygen atoms in total. The number of thioether (sulfide) groups is 1. The second-order valence-electron chi connectivity index (χ2n) is 6.22. The van der Waals surface area contributed by atoms with Crippen molar-refractivity contribution in [1.29, 1.82) is 0 Å². The zero-order valence-electron chi connectivity index (χ0n) is 15.3. The van der Waals surface area contributed by atoms with Gasteiger partial charge in [-0.1, -0.05) is 11.8 Å². The summed E-state index contributed by atoms with van der Waals surface area (Å²) in [6.07, 6.45) is 1.33. The molecule has 0 bridgehead atoms. The van der Waals surface area contributed by atoms with E-state index in [-0.39, 0.29) is 11.5 Å². The van der Waals surface area contributed by atoms with Crippen molar-refractivity contribution in [3.8, 4) is 0 Å². The van der Waals surface area contributed by atoms with Gasteiger partial charge in [-0.25, -0.2) is 4.79 Å². The van der Waals surface area contributed by atoms with Crippen LogP contribution >= 0.6 is 11.8 Å². The van der Waals surface area contributed by atoms with E-state index in [1.165, 1.54) is 24.3 Å². The molecule has 1 saturated heterocycles. The third-order valence-corrected chi connectivity index (χ3v) is 4.91. The fourth-order valence-electron chi connectivity index (χ4n) is 2.83. The maximum absolute atomic E-state index is 12.3. The smallest absolute Gasteiger partial charge is 0.338 e. The van der Waals surface area contributed by atoms with Crippen LogP contribution in [0.3, 0.4) is 0 Å². The summed E-state index contributed by atoms with van der Waals surface area (Å²) in [7, 11) is 0. The predicted octanol–water partition coefficient (Wildman–Crippen LogP) is 3.92. The van der Waals surface area contributed by atoms with Crippen molar-refractivity contribution in [2.75, 3.05) is 23.4 Å². The number of halogens is 2. The molecule has 0 spiro atoms. The molecule has 152 valence electrons. The summed E-state index contributed by atoms with van der Waals surface area (Å²) in [4.78, 5) is 37.8. The normalized spacial score (nSPS) is 13.6. The van der Waals surface area contributed by atoms with Gasteiger partial charge in [0.1, 0.15) is 0 Å². The molecule has 1 heterocycles. The minimum Gasteiger partial charge on any atom is -0.452 e. The topological polar surface area (TPSA) is 75.7 Å². The van der Waals surface area contributed by atoms with Crippen LogP contribution in [0, 0.1) is 0 Å². The number of benzene rings is 2. The van der Waals surface area contributed by atoms with Crippen LogP contribution in [0.15, 0.2) is 53.4 Å². The number of alkyl halides is 2. The van der Waals surface area contributed by atoms with Crippen LogP contribution in [0.5, 0.6) is 0 Å². The molecule has 0 saturated carbocycles. The monoisotopic (exact) mass is 420 g/mol. The first kappa shape index (κ1) is 20.8. The Morgan fingerprint density at radius 3 is 2.38 bits per heavy atom. The highest BCUT2D eigenvalue weighted by atomic mass is 32.2. The minimum atomic E-state index is -2.51. The Kier molecular flexibility index (Phi) is 6.82. The molecule has 1 aliphatic heterocycles. The Balaban J connectivity index is 1.48. The quantitative estimate of drug-likeness (QED) is 0.543. The summed E-state index contributed by atoms with van der Waals surface area (Å²) in [5.41, 5.74) is 1.39. The van der Waals surface area contributed by atoms with Crippen LogP contribution in [0.2, 0.25) is 0 Å². The molecule has 1 fully saturated rings. The van der Waals surface area contributed by atoms with Crippen molar-refractivity contribution >= 4 is 40.9 Å². The molecule has 2 aromatic rings. The van der Waals surface area contributed by atoms with E-state index >= 15 is 0 Å². The number of carbonyl (C=O) groups is 3. The highest BCUT2D eigenvalue weighted by molar-refractivity contribution is 7.99. The third-order valence-electron chi connectivity index (χ3n) is 4.19. The second kappa shape index (κ2) is 9.51. The lowest BCUT2D eigenvalue weighted by Crippen LogP contribution is -2.23. The molecule has 0 radical (unpaired) electrons. The van der Waals surface area contributed by atoms with E-state index in [2.05, 4.69) is 5.32 Å². The first-order chi connectivity index (χ1) is 13.9. The Morgan fingerprint density at radius 2 is 1.79 bits per heavy atom. The Bertz CT molecular complexity index is 888. The van der Waals surface area contributed by atoms with Crippen molar-refractivity contribution in [3.63, 3.8) is 0 Å². The molecular formula is C20H18F2N2O4S. The standard InChI is InChI=1S/C20H18F2N2O4S/c21-20(22)29-16-9-5-14(6-10-16)23-17(25)12-28-19(27)13-3-7-15(8-4-13)24-11-1-2-18(24)26/h3-10,20H,1-2,11-12H2,(H,23,25). The molecule has 0 aromatic heterocycles. The van der Waals surface area contributed by atoms with Gasteiger partial charge in [-0.3, -0.25) is 9.59 Å². The second-order valence-corrected chi connectivity index (χ2v) is 7.29. The highest BCUT2D eigenvalue weighted by Crippen LogP contribution is 2.26. The molecule has 3 rings (SSSR count). The maximum Gasteiger partial charge on any atom is 0.338 e. The number of nitrogens with one attached hydrogen (secondary N) is 1. The number of anilines is 2. The van der Waals surface area contributed by atoms with Gasteiger partial charge in [0.15, 0.2) is 6.61 Å². The number of amides is 2. The van der Waals surface area contributed by atoms with E-state index in [1.807, 2.05) is 0 Å². The molecule has 2 amide bonds. The fraction of sp³-hybridized carbons (Fsp3) is 0.250. The minimum absolute atomic E-state index is 0.0535. The van der Waals surface area contributed by atoms with Crippen LogP contribution in [-0.2, 0) is 14.3 Å². The maximum atomic E-state index is 12.3. The Labute approximate surface area is 170 Å². The number of ether oxygens (including phenoxy) is 1. The summed E-state index contributed by atoms with van der Waals surface area (Å²) >= 11 is 0.410. The largest absolute Gasteiger partial charge is 0.452 e. The first-order valence-corrected chi connectivity index (χ1v) is 9.72. The van der Waals surface area contributed by atoms with Crippen molar-refractivity contribution in [1.82, 2.24) is 0 Å². The lowest BCUT2D eigenvalue weighted by atomic mass is 10.2. The molecule has 1 aliphatic rings. The van der Waals surface area contributed by atoms with Gasteiger partial charge in [0, 0.05) is 29.2 Å². The molecular weight excluding hydrogens is 402 g/mol. The lowest BCUT2D eigenvalue weighted by molar-refractivity contribution is -0.119. The van der Waals surface area contributed by atoms with Crippen molar-refractivity contribution in [2.24, 2.45) is 0 Å². The Hall–Kier alpha value is -2.94. The molecule has 1 N–H and O–H groups in total. The van der Waals surface area contributed by atoms with E-state index in [4.69, 9.17) is 4.74 Å². The van der Waals surface area contributed by atoms with Crippen LogP contribution in [0.25, 0.3) is 0 Å². The summed E-state index contributed by atoms with van der Waals surface area (Å²) in [5, 5.41) is 2.52. The van der Waals surface area contributed by atoms with Gasteiger partial charge in [0.2, 0.25) is 5.91 Å². The van der Waals surface area contributed by atoms with Crippen molar-refractivity contribution in [2.45, 2.75) is 23.5 Å². The number of esters is 1. The molecule has 0 aliphatic carbocycles. The summed E-state index contributed by atoms with van der Waals surface area (Å²) in [5.74, 6) is -3.67. The molecule has 2 aromatic carbocycles. The van der Waals surface area contributed by atoms with Crippen LogP contribution in [0.4, 0.5) is 20.2 Å². The number of nitrogens with zero attached hydrogens (tertiary/aromatic N) is 1. The lowest BCUT2D eigenvalue weighted by Gasteiger charge is -2.15. The summed E-state index contributed by atoms with van der Waals surface area (Å²) in [6.45, 7) is 0.170. The van der Waals surface area contributed by atoms with Crippen LogP contribution < -0.4 is 10.2 Å². The van der Waals surface area contributed by atoms with Gasteiger partial charge in [0.05, 0.1) is 5.56 Å². The number of hydrogen-bond donors (Lipinski definition) is 1. The Morgan fingerprint density at radius 1 is 1.10 bits per heavy atom. The van der Waals surface area contributed by atoms with Gasteiger partial charge in [0.25, 0.3) is 11.7 Å². The van der Waals surface area contributed by atoms with E-state index in [9.17, 15) is 23.2 Å². The van der Waals surface area contributed by atoms with E-state index < -0.39 is 24.2 Å². The SMILES string of the molecule is O=C(COC(=O)c1ccc(N2CCCC2=O)cc1)Nc1ccc(SC(F)F)cc1. The fourth-order valence-corrected chi connectivity index (χ4v) is 3.33. The zero-order chi connectivity index (χ0) is 20.8. The predicted molar refractivity (Wildman–Crippen MR) is 105 cm³/mol. The van der Waals surface area contributed by atoms with Crippen molar-refractivity contribution in [3.05, 3.63) is 54.1 Å². The summed E-state index contributed by atoms with van der Waals surface area (Å²) < 4.78 is 29.6. The van der Waals surface area contributed by atoms with Crippen LogP contribution in [0.1, 0.15) is 23.2 Å². The number of hydrogen-bond acceptors (Lipinski definition) is 5. The van der Waals surface area contributed by atoms with E-state index in [0.29, 0.717) is 35.3 Å². The van der Waals surface area contributed by atoms with Gasteiger partial charge in [-0.2, -0.15) is 8.78 Å². The summed E-state index contributed by atoms with van der Waals surface area (Å²) in [6, 6.07) is 12.3. The molecule has 29 heavy (non-hydrogen) atoms.